The topological polar surface area (TPSA) is 58.6 Å². The Morgan fingerprint density at radius 3 is 2.81 bits per heavy atom. The lowest BCUT2D eigenvalue weighted by Gasteiger charge is -2.32. The molecule has 0 bridgehead atoms. The van der Waals surface area contributed by atoms with Crippen molar-refractivity contribution in [1.82, 2.24) is 5.32 Å². The van der Waals surface area contributed by atoms with Gasteiger partial charge in [0.05, 0.1) is 5.60 Å². The molecule has 1 heterocycles. The van der Waals surface area contributed by atoms with Crippen LogP contribution in [-0.4, -0.2) is 36.4 Å². The number of ether oxygens (including phenoxy) is 1. The molecule has 1 saturated heterocycles. The summed E-state index contributed by atoms with van der Waals surface area (Å²) < 4.78 is 5.23. The second-order valence-corrected chi connectivity index (χ2v) is 6.43. The zero-order valence-corrected chi connectivity index (χ0v) is 12.6. The molecular formula is C16H20ClNO3. The predicted octanol–water partition coefficient (Wildman–Crippen LogP) is 2.10. The summed E-state index contributed by atoms with van der Waals surface area (Å²) in [5.74, 6) is 0.205. The average molecular weight is 310 g/mol. The van der Waals surface area contributed by atoms with Gasteiger partial charge in [0.25, 0.3) is 0 Å². The average Bonchev–Trinajstić information content (AvgIpc) is 3.27. The highest BCUT2D eigenvalue weighted by Crippen LogP contribution is 2.49. The monoisotopic (exact) mass is 309 g/mol. The minimum absolute atomic E-state index is 0.0137. The lowest BCUT2D eigenvalue weighted by atomic mass is 9.94. The fourth-order valence-electron chi connectivity index (χ4n) is 2.92. The first-order valence-corrected chi connectivity index (χ1v) is 7.79. The Kier molecular flexibility index (Phi) is 4.20. The molecule has 1 aromatic rings. The molecule has 3 rings (SSSR count). The van der Waals surface area contributed by atoms with Crippen molar-refractivity contribution in [1.29, 1.82) is 0 Å². The summed E-state index contributed by atoms with van der Waals surface area (Å²) in [5.41, 5.74) is 0.229. The van der Waals surface area contributed by atoms with E-state index in [1.54, 1.807) is 0 Å². The smallest absolute Gasteiger partial charge is 0.223 e. The van der Waals surface area contributed by atoms with Crippen LogP contribution in [0.4, 0.5) is 0 Å². The van der Waals surface area contributed by atoms with Crippen LogP contribution in [0.1, 0.15) is 30.7 Å². The van der Waals surface area contributed by atoms with Crippen molar-refractivity contribution >= 4 is 17.5 Å². The Morgan fingerprint density at radius 1 is 1.38 bits per heavy atom. The van der Waals surface area contributed by atoms with E-state index < -0.39 is 5.60 Å². The Balaban J connectivity index is 1.53. The van der Waals surface area contributed by atoms with Gasteiger partial charge < -0.3 is 15.2 Å². The first-order valence-electron chi connectivity index (χ1n) is 7.41. The van der Waals surface area contributed by atoms with Crippen LogP contribution in [0, 0.1) is 5.92 Å². The molecule has 1 aliphatic carbocycles. The molecular weight excluding hydrogens is 290 g/mol. The number of nitrogens with one attached hydrogen (secondary N) is 1. The van der Waals surface area contributed by atoms with E-state index in [0.717, 1.165) is 17.0 Å². The van der Waals surface area contributed by atoms with Crippen LogP contribution in [0.2, 0.25) is 5.02 Å². The molecule has 0 radical (unpaired) electrons. The predicted molar refractivity (Wildman–Crippen MR) is 80.3 cm³/mol. The highest BCUT2D eigenvalue weighted by atomic mass is 35.5. The minimum atomic E-state index is -0.817. The molecule has 0 unspecified atom stereocenters. The summed E-state index contributed by atoms with van der Waals surface area (Å²) >= 11 is 6.16. The normalized spacial score (nSPS) is 27.1. The molecule has 21 heavy (non-hydrogen) atoms. The van der Waals surface area contributed by atoms with Crippen molar-refractivity contribution in [3.8, 4) is 0 Å². The summed E-state index contributed by atoms with van der Waals surface area (Å²) in [4.78, 5) is 12.2. The molecule has 0 aromatic heterocycles. The van der Waals surface area contributed by atoms with Crippen LogP contribution in [0.15, 0.2) is 24.3 Å². The number of benzene rings is 1. The molecule has 1 aliphatic heterocycles. The fraction of sp³-hybridized carbons (Fsp3) is 0.562. The van der Waals surface area contributed by atoms with E-state index in [4.69, 9.17) is 16.3 Å². The summed E-state index contributed by atoms with van der Waals surface area (Å²) in [6, 6.07) is 7.67. The third-order valence-electron chi connectivity index (χ3n) is 4.45. The van der Waals surface area contributed by atoms with E-state index in [0.29, 0.717) is 32.6 Å². The Hall–Kier alpha value is -1.10. The number of halogens is 1. The van der Waals surface area contributed by atoms with Gasteiger partial charge in [-0.05, 0) is 24.0 Å². The second kappa shape index (κ2) is 5.95. The van der Waals surface area contributed by atoms with Crippen molar-refractivity contribution in [2.75, 3.05) is 19.8 Å². The van der Waals surface area contributed by atoms with Gasteiger partial charge in [0, 0.05) is 43.5 Å². The van der Waals surface area contributed by atoms with Crippen LogP contribution in [0.25, 0.3) is 0 Å². The quantitative estimate of drug-likeness (QED) is 0.895. The van der Waals surface area contributed by atoms with E-state index in [9.17, 15) is 9.90 Å². The zero-order chi connectivity index (χ0) is 14.9. The first kappa shape index (κ1) is 14.8. The van der Waals surface area contributed by atoms with Crippen molar-refractivity contribution in [3.05, 3.63) is 34.9 Å². The van der Waals surface area contributed by atoms with Crippen LogP contribution >= 0.6 is 11.6 Å². The van der Waals surface area contributed by atoms with Crippen LogP contribution in [0.5, 0.6) is 0 Å². The molecule has 2 atom stereocenters. The molecule has 2 fully saturated rings. The van der Waals surface area contributed by atoms with E-state index in [2.05, 4.69) is 5.32 Å². The number of amides is 1. The molecule has 114 valence electrons. The molecule has 2 N–H and O–H groups in total. The molecule has 4 nitrogen and oxygen atoms in total. The fourth-order valence-corrected chi connectivity index (χ4v) is 3.19. The van der Waals surface area contributed by atoms with Crippen LogP contribution in [-0.2, 0) is 9.53 Å². The maximum absolute atomic E-state index is 12.2. The van der Waals surface area contributed by atoms with Gasteiger partial charge in [-0.25, -0.2) is 0 Å². The van der Waals surface area contributed by atoms with E-state index >= 15 is 0 Å². The highest BCUT2D eigenvalue weighted by Gasteiger charge is 2.45. The molecule has 1 aromatic carbocycles. The van der Waals surface area contributed by atoms with Gasteiger partial charge >= 0.3 is 0 Å². The Labute approximate surface area is 129 Å². The third kappa shape index (κ3) is 3.39. The highest BCUT2D eigenvalue weighted by molar-refractivity contribution is 6.31. The van der Waals surface area contributed by atoms with Gasteiger partial charge in [-0.3, -0.25) is 4.79 Å². The first-order chi connectivity index (χ1) is 10.1. The van der Waals surface area contributed by atoms with Gasteiger partial charge in [0.2, 0.25) is 5.91 Å². The van der Waals surface area contributed by atoms with Gasteiger partial charge in [-0.15, -0.1) is 0 Å². The zero-order valence-electron chi connectivity index (χ0n) is 11.8. The Bertz CT molecular complexity index is 528. The van der Waals surface area contributed by atoms with Gasteiger partial charge in [0.15, 0.2) is 0 Å². The van der Waals surface area contributed by atoms with Gasteiger partial charge in [0.1, 0.15) is 0 Å². The van der Waals surface area contributed by atoms with Crippen LogP contribution in [0.3, 0.4) is 0 Å². The van der Waals surface area contributed by atoms with E-state index in [-0.39, 0.29) is 17.7 Å². The number of rotatable bonds is 4. The van der Waals surface area contributed by atoms with Gasteiger partial charge in [-0.1, -0.05) is 29.8 Å². The Morgan fingerprint density at radius 2 is 2.10 bits per heavy atom. The standard InChI is InChI=1S/C16H20ClNO3/c17-14-4-2-1-3-11(14)12-9-13(12)15(19)18-10-16(20)5-7-21-8-6-16/h1-4,12-13,20H,5-10H2,(H,18,19)/t12-,13+/m0/s1. The lowest BCUT2D eigenvalue weighted by molar-refractivity contribution is -0.125. The third-order valence-corrected chi connectivity index (χ3v) is 4.79. The lowest BCUT2D eigenvalue weighted by Crippen LogP contribution is -2.47. The summed E-state index contributed by atoms with van der Waals surface area (Å²) in [7, 11) is 0. The SMILES string of the molecule is O=C(NCC1(O)CCOCC1)[C@@H]1C[C@H]1c1ccccc1Cl. The number of carbonyl (C=O) groups excluding carboxylic acids is 1. The minimum Gasteiger partial charge on any atom is -0.388 e. The molecule has 2 aliphatic rings. The summed E-state index contributed by atoms with van der Waals surface area (Å²) in [6.45, 7) is 1.41. The molecule has 1 amide bonds. The number of aliphatic hydroxyl groups is 1. The van der Waals surface area contributed by atoms with E-state index in [1.807, 2.05) is 24.3 Å². The molecule has 1 saturated carbocycles. The summed E-state index contributed by atoms with van der Waals surface area (Å²) in [5, 5.41) is 13.9. The van der Waals surface area contributed by atoms with Crippen LogP contribution < -0.4 is 5.32 Å². The van der Waals surface area contributed by atoms with Crippen molar-refractivity contribution in [2.45, 2.75) is 30.8 Å². The second-order valence-electron chi connectivity index (χ2n) is 6.02. The maximum atomic E-state index is 12.2. The van der Waals surface area contributed by atoms with E-state index in [1.165, 1.54) is 0 Å². The van der Waals surface area contributed by atoms with Crippen molar-refractivity contribution < 1.29 is 14.6 Å². The van der Waals surface area contributed by atoms with Crippen molar-refractivity contribution in [3.63, 3.8) is 0 Å². The number of carbonyl (C=O) groups is 1. The van der Waals surface area contributed by atoms with Crippen molar-refractivity contribution in [2.24, 2.45) is 5.92 Å². The number of hydrogen-bond donors (Lipinski definition) is 2. The van der Waals surface area contributed by atoms with Gasteiger partial charge in [-0.2, -0.15) is 0 Å². The summed E-state index contributed by atoms with van der Waals surface area (Å²) in [6.07, 6.45) is 1.98. The maximum Gasteiger partial charge on any atom is 0.223 e. The molecule has 5 heteroatoms. The number of hydrogen-bond acceptors (Lipinski definition) is 3. The largest absolute Gasteiger partial charge is 0.388 e. The molecule has 0 spiro atoms.